The minimum Gasteiger partial charge on any atom is -0.467 e. The molecule has 2 amide bonds. The molecule has 3 heterocycles. The third kappa shape index (κ3) is 5.37. The number of hydrogen-bond donors (Lipinski definition) is 1. The standard InChI is InChI=1S/C22H28N4O5S/c1-3-9-24(10-4-2)19(28)15-26-17-8-13-32-20(17)21(29)25(22(26)30)11-7-18(27)23-14-16-6-5-12-31-16/h5-6,8,12-13H,3-4,7,9-11,14-15H2,1-2H3,(H,23,27). The summed E-state index contributed by atoms with van der Waals surface area (Å²) in [6.07, 6.45) is 3.11. The summed E-state index contributed by atoms with van der Waals surface area (Å²) in [5.74, 6) is 0.142. The lowest BCUT2D eigenvalue weighted by atomic mass is 10.3. The van der Waals surface area contributed by atoms with Crippen LogP contribution in [0.1, 0.15) is 38.9 Å². The van der Waals surface area contributed by atoms with Crippen LogP contribution in [-0.2, 0) is 29.2 Å². The first-order valence-corrected chi connectivity index (χ1v) is 11.6. The van der Waals surface area contributed by atoms with Crippen LogP contribution in [-0.4, -0.2) is 38.9 Å². The summed E-state index contributed by atoms with van der Waals surface area (Å²) in [6, 6.07) is 5.15. The van der Waals surface area contributed by atoms with Crippen molar-refractivity contribution in [1.82, 2.24) is 19.4 Å². The van der Waals surface area contributed by atoms with Gasteiger partial charge in [0.05, 0.1) is 18.3 Å². The molecule has 0 radical (unpaired) electrons. The number of amides is 2. The molecule has 3 aromatic rings. The maximum Gasteiger partial charge on any atom is 0.332 e. The van der Waals surface area contributed by atoms with Crippen LogP contribution in [0.25, 0.3) is 10.2 Å². The zero-order chi connectivity index (χ0) is 23.1. The van der Waals surface area contributed by atoms with Crippen molar-refractivity contribution in [2.45, 2.75) is 52.7 Å². The van der Waals surface area contributed by atoms with Crippen molar-refractivity contribution in [2.24, 2.45) is 0 Å². The number of nitrogens with one attached hydrogen (secondary N) is 1. The van der Waals surface area contributed by atoms with Crippen molar-refractivity contribution in [1.29, 1.82) is 0 Å². The molecule has 1 N–H and O–H groups in total. The van der Waals surface area contributed by atoms with Crippen molar-refractivity contribution in [3.8, 4) is 0 Å². The maximum atomic E-state index is 13.1. The van der Waals surface area contributed by atoms with Gasteiger partial charge in [-0.3, -0.25) is 23.5 Å². The van der Waals surface area contributed by atoms with Gasteiger partial charge in [0.15, 0.2) is 0 Å². The second kappa shape index (κ2) is 10.9. The van der Waals surface area contributed by atoms with E-state index in [4.69, 9.17) is 4.42 Å². The molecule has 0 fully saturated rings. The van der Waals surface area contributed by atoms with Gasteiger partial charge in [-0.15, -0.1) is 11.3 Å². The molecule has 0 spiro atoms. The number of carbonyl (C=O) groups excluding carboxylic acids is 2. The minimum absolute atomic E-state index is 0.0432. The quantitative estimate of drug-likeness (QED) is 0.472. The molecule has 3 aromatic heterocycles. The van der Waals surface area contributed by atoms with Crippen LogP contribution in [0.2, 0.25) is 0 Å². The summed E-state index contributed by atoms with van der Waals surface area (Å²) in [6.45, 7) is 5.24. The summed E-state index contributed by atoms with van der Waals surface area (Å²) in [4.78, 5) is 52.8. The van der Waals surface area contributed by atoms with E-state index in [1.54, 1.807) is 28.5 Å². The van der Waals surface area contributed by atoms with Gasteiger partial charge >= 0.3 is 5.69 Å². The predicted molar refractivity (Wildman–Crippen MR) is 123 cm³/mol. The number of carbonyl (C=O) groups is 2. The average Bonchev–Trinajstić information content (AvgIpc) is 3.47. The van der Waals surface area contributed by atoms with Gasteiger partial charge in [-0.1, -0.05) is 13.8 Å². The van der Waals surface area contributed by atoms with Gasteiger partial charge in [-0.25, -0.2) is 4.79 Å². The van der Waals surface area contributed by atoms with E-state index in [-0.39, 0.29) is 37.9 Å². The molecule has 0 saturated heterocycles. The Bertz CT molecular complexity index is 1170. The molecular weight excluding hydrogens is 432 g/mol. The molecule has 0 unspecified atom stereocenters. The Hall–Kier alpha value is -3.14. The SMILES string of the molecule is CCCN(CCC)C(=O)Cn1c(=O)n(CCC(=O)NCc2ccco2)c(=O)c2sccc21. The monoisotopic (exact) mass is 460 g/mol. The Morgan fingerprint density at radius 3 is 2.53 bits per heavy atom. The molecule has 172 valence electrons. The lowest BCUT2D eigenvalue weighted by Crippen LogP contribution is -2.44. The molecule has 0 bridgehead atoms. The molecule has 0 saturated carbocycles. The minimum atomic E-state index is -0.582. The summed E-state index contributed by atoms with van der Waals surface area (Å²) in [7, 11) is 0. The predicted octanol–water partition coefficient (Wildman–Crippen LogP) is 2.17. The van der Waals surface area contributed by atoms with Crippen LogP contribution in [0.5, 0.6) is 0 Å². The second-order valence-electron chi connectivity index (χ2n) is 7.45. The molecule has 9 nitrogen and oxygen atoms in total. The number of aromatic nitrogens is 2. The number of fused-ring (bicyclic) bond motifs is 1. The van der Waals surface area contributed by atoms with Crippen LogP contribution < -0.4 is 16.6 Å². The molecule has 0 atom stereocenters. The molecule has 0 aromatic carbocycles. The lowest BCUT2D eigenvalue weighted by molar-refractivity contribution is -0.132. The number of nitrogens with zero attached hydrogens (tertiary/aromatic N) is 3. The molecule has 32 heavy (non-hydrogen) atoms. The van der Waals surface area contributed by atoms with E-state index in [9.17, 15) is 19.2 Å². The van der Waals surface area contributed by atoms with Gasteiger partial charge in [0.1, 0.15) is 17.0 Å². The van der Waals surface area contributed by atoms with E-state index in [1.807, 2.05) is 13.8 Å². The highest BCUT2D eigenvalue weighted by Crippen LogP contribution is 2.15. The molecule has 3 rings (SSSR count). The molecule has 0 aliphatic heterocycles. The highest BCUT2D eigenvalue weighted by Gasteiger charge is 2.19. The van der Waals surface area contributed by atoms with Crippen LogP contribution in [0.15, 0.2) is 43.8 Å². The van der Waals surface area contributed by atoms with E-state index in [0.717, 1.165) is 17.4 Å². The van der Waals surface area contributed by atoms with Gasteiger partial charge in [0, 0.05) is 26.1 Å². The van der Waals surface area contributed by atoms with E-state index in [2.05, 4.69) is 5.32 Å². The van der Waals surface area contributed by atoms with Crippen molar-refractivity contribution >= 4 is 33.4 Å². The van der Waals surface area contributed by atoms with Crippen LogP contribution >= 0.6 is 11.3 Å². The first-order chi connectivity index (χ1) is 15.5. The fraction of sp³-hybridized carbons (Fsp3) is 0.455. The highest BCUT2D eigenvalue weighted by molar-refractivity contribution is 7.17. The maximum absolute atomic E-state index is 13.1. The lowest BCUT2D eigenvalue weighted by Gasteiger charge is -2.22. The summed E-state index contributed by atoms with van der Waals surface area (Å²) >= 11 is 1.22. The fourth-order valence-electron chi connectivity index (χ4n) is 3.52. The number of thiophene rings is 1. The van der Waals surface area contributed by atoms with Gasteiger partial charge in [0.2, 0.25) is 11.8 Å². The van der Waals surface area contributed by atoms with Gasteiger partial charge < -0.3 is 14.6 Å². The molecule has 0 aliphatic carbocycles. The Balaban J connectivity index is 1.81. The first-order valence-electron chi connectivity index (χ1n) is 10.7. The fourth-order valence-corrected chi connectivity index (χ4v) is 4.36. The Morgan fingerprint density at radius 2 is 1.88 bits per heavy atom. The van der Waals surface area contributed by atoms with Crippen molar-refractivity contribution < 1.29 is 14.0 Å². The average molecular weight is 461 g/mol. The smallest absolute Gasteiger partial charge is 0.332 e. The topological polar surface area (TPSA) is 107 Å². The zero-order valence-corrected chi connectivity index (χ0v) is 19.2. The Kier molecular flexibility index (Phi) is 8.04. The van der Waals surface area contributed by atoms with Crippen molar-refractivity contribution in [2.75, 3.05) is 13.1 Å². The molecule has 10 heteroatoms. The van der Waals surface area contributed by atoms with E-state index >= 15 is 0 Å². The normalized spacial score (nSPS) is 11.1. The Morgan fingerprint density at radius 1 is 1.12 bits per heavy atom. The number of furan rings is 1. The molecule has 0 aliphatic rings. The summed E-state index contributed by atoms with van der Waals surface area (Å²) in [5, 5.41) is 4.43. The van der Waals surface area contributed by atoms with Crippen molar-refractivity contribution in [3.63, 3.8) is 0 Å². The van der Waals surface area contributed by atoms with Gasteiger partial charge in [-0.2, -0.15) is 0 Å². The Labute approximate surface area is 189 Å². The largest absolute Gasteiger partial charge is 0.467 e. The third-order valence-electron chi connectivity index (χ3n) is 5.07. The third-order valence-corrected chi connectivity index (χ3v) is 5.96. The van der Waals surface area contributed by atoms with E-state index < -0.39 is 11.2 Å². The van der Waals surface area contributed by atoms with Gasteiger partial charge in [-0.05, 0) is 36.4 Å². The van der Waals surface area contributed by atoms with E-state index in [0.29, 0.717) is 29.1 Å². The van der Waals surface area contributed by atoms with Crippen LogP contribution in [0.3, 0.4) is 0 Å². The van der Waals surface area contributed by atoms with Crippen LogP contribution in [0, 0.1) is 0 Å². The highest BCUT2D eigenvalue weighted by atomic mass is 32.1. The van der Waals surface area contributed by atoms with Crippen LogP contribution in [0.4, 0.5) is 0 Å². The molecular formula is C22H28N4O5S. The first kappa shape index (κ1) is 23.5. The number of hydrogen-bond acceptors (Lipinski definition) is 6. The van der Waals surface area contributed by atoms with E-state index in [1.165, 1.54) is 22.2 Å². The summed E-state index contributed by atoms with van der Waals surface area (Å²) < 4.78 is 7.95. The van der Waals surface area contributed by atoms with Gasteiger partial charge in [0.25, 0.3) is 5.56 Å². The zero-order valence-electron chi connectivity index (χ0n) is 18.3. The number of rotatable bonds is 11. The van der Waals surface area contributed by atoms with Crippen molar-refractivity contribution in [3.05, 3.63) is 56.4 Å². The summed E-state index contributed by atoms with van der Waals surface area (Å²) in [5.41, 5.74) is -0.577. The second-order valence-corrected chi connectivity index (χ2v) is 8.36.